The van der Waals surface area contributed by atoms with Crippen molar-refractivity contribution < 1.29 is 9.59 Å². The van der Waals surface area contributed by atoms with Gasteiger partial charge in [0.05, 0.1) is 17.8 Å². The molecule has 0 spiro atoms. The molecular weight excluding hydrogens is 556 g/mol. The Morgan fingerprint density at radius 1 is 0.765 bits per heavy atom. The SMILES string of the molecule is Cc1ccc(NC(=O)c2ccccc2N(Cc2ccc(Br)cc2)C(=O)c2ccc(Br)cc2)cc1. The summed E-state index contributed by atoms with van der Waals surface area (Å²) in [5.74, 6) is -0.463. The first-order valence-electron chi connectivity index (χ1n) is 10.7. The largest absolute Gasteiger partial charge is 0.322 e. The second-order valence-corrected chi connectivity index (χ2v) is 9.69. The minimum atomic E-state index is -0.274. The number of hydrogen-bond acceptors (Lipinski definition) is 2. The zero-order valence-corrected chi connectivity index (χ0v) is 21.6. The number of halogens is 2. The molecule has 4 aromatic carbocycles. The first-order chi connectivity index (χ1) is 16.4. The molecule has 0 radical (unpaired) electrons. The molecule has 2 amide bonds. The van der Waals surface area contributed by atoms with E-state index in [0.29, 0.717) is 29.0 Å². The van der Waals surface area contributed by atoms with E-state index in [1.54, 1.807) is 35.2 Å². The van der Waals surface area contributed by atoms with Crippen LogP contribution in [0.15, 0.2) is 106 Å². The van der Waals surface area contributed by atoms with Crippen molar-refractivity contribution in [3.05, 3.63) is 128 Å². The standard InChI is InChI=1S/C28H22Br2N2O2/c1-19-6-16-24(17-7-19)31-27(33)25-4-2-3-5-26(25)32(18-20-8-12-22(29)13-9-20)28(34)21-10-14-23(30)15-11-21/h2-17H,18H2,1H3,(H,31,33). The molecule has 4 nitrogen and oxygen atoms in total. The Morgan fingerprint density at radius 2 is 1.35 bits per heavy atom. The number of anilines is 2. The second-order valence-electron chi connectivity index (χ2n) is 7.86. The second kappa shape index (κ2) is 10.8. The smallest absolute Gasteiger partial charge is 0.258 e. The molecule has 1 N–H and O–H groups in total. The Hall–Kier alpha value is -3.22. The van der Waals surface area contributed by atoms with Crippen molar-refractivity contribution in [2.24, 2.45) is 0 Å². The van der Waals surface area contributed by atoms with Crippen LogP contribution in [0.2, 0.25) is 0 Å². The minimum Gasteiger partial charge on any atom is -0.322 e. The van der Waals surface area contributed by atoms with Gasteiger partial charge in [-0.15, -0.1) is 0 Å². The van der Waals surface area contributed by atoms with Gasteiger partial charge in [0, 0.05) is 20.2 Å². The van der Waals surface area contributed by atoms with Crippen LogP contribution >= 0.6 is 31.9 Å². The zero-order chi connectivity index (χ0) is 24.1. The van der Waals surface area contributed by atoms with Crippen LogP contribution in [0.5, 0.6) is 0 Å². The molecule has 170 valence electrons. The molecular formula is C28H22Br2N2O2. The molecule has 4 aromatic rings. The summed E-state index contributed by atoms with van der Waals surface area (Å²) >= 11 is 6.88. The summed E-state index contributed by atoms with van der Waals surface area (Å²) in [6.45, 7) is 2.31. The van der Waals surface area contributed by atoms with E-state index in [0.717, 1.165) is 20.1 Å². The highest BCUT2D eigenvalue weighted by molar-refractivity contribution is 9.10. The summed E-state index contributed by atoms with van der Waals surface area (Å²) in [7, 11) is 0. The van der Waals surface area contributed by atoms with Gasteiger partial charge < -0.3 is 10.2 Å². The Morgan fingerprint density at radius 3 is 2.00 bits per heavy atom. The van der Waals surface area contributed by atoms with E-state index in [1.807, 2.05) is 73.7 Å². The number of aryl methyl sites for hydroxylation is 1. The van der Waals surface area contributed by atoms with Crippen molar-refractivity contribution in [3.8, 4) is 0 Å². The lowest BCUT2D eigenvalue weighted by Crippen LogP contribution is -2.32. The number of hydrogen-bond donors (Lipinski definition) is 1. The Kier molecular flexibility index (Phi) is 7.60. The minimum absolute atomic E-state index is 0.189. The van der Waals surface area contributed by atoms with Gasteiger partial charge in [-0.25, -0.2) is 0 Å². The average molecular weight is 578 g/mol. The molecule has 0 atom stereocenters. The Balaban J connectivity index is 1.72. The highest BCUT2D eigenvalue weighted by atomic mass is 79.9. The number of nitrogens with one attached hydrogen (secondary N) is 1. The molecule has 0 heterocycles. The van der Waals surface area contributed by atoms with E-state index < -0.39 is 0 Å². The third-order valence-electron chi connectivity index (χ3n) is 5.34. The molecule has 0 aliphatic heterocycles. The summed E-state index contributed by atoms with van der Waals surface area (Å²) in [6.07, 6.45) is 0. The molecule has 34 heavy (non-hydrogen) atoms. The van der Waals surface area contributed by atoms with Crippen molar-refractivity contribution in [1.82, 2.24) is 0 Å². The quantitative estimate of drug-likeness (QED) is 0.256. The fourth-order valence-electron chi connectivity index (χ4n) is 3.52. The number of rotatable bonds is 6. The van der Waals surface area contributed by atoms with Crippen LogP contribution in [-0.2, 0) is 6.54 Å². The molecule has 0 aliphatic carbocycles. The van der Waals surface area contributed by atoms with Gasteiger partial charge >= 0.3 is 0 Å². The molecule has 6 heteroatoms. The first kappa shape index (κ1) is 23.9. The molecule has 0 unspecified atom stereocenters. The summed E-state index contributed by atoms with van der Waals surface area (Å²) in [6, 6.07) is 29.8. The van der Waals surface area contributed by atoms with Crippen molar-refractivity contribution in [3.63, 3.8) is 0 Å². The third-order valence-corrected chi connectivity index (χ3v) is 6.40. The van der Waals surface area contributed by atoms with E-state index in [4.69, 9.17) is 0 Å². The maximum absolute atomic E-state index is 13.7. The number of carbonyl (C=O) groups is 2. The van der Waals surface area contributed by atoms with Gasteiger partial charge in [0.25, 0.3) is 11.8 Å². The number of para-hydroxylation sites is 1. The fourth-order valence-corrected chi connectivity index (χ4v) is 4.05. The Bertz CT molecular complexity index is 1300. The maximum atomic E-state index is 13.7. The van der Waals surface area contributed by atoms with Crippen molar-refractivity contribution in [2.75, 3.05) is 10.2 Å². The lowest BCUT2D eigenvalue weighted by Gasteiger charge is -2.25. The van der Waals surface area contributed by atoms with Gasteiger partial charge in [-0.1, -0.05) is 73.8 Å². The highest BCUT2D eigenvalue weighted by Gasteiger charge is 2.23. The van der Waals surface area contributed by atoms with Crippen LogP contribution in [0.25, 0.3) is 0 Å². The van der Waals surface area contributed by atoms with Crippen molar-refractivity contribution in [1.29, 1.82) is 0 Å². The summed E-state index contributed by atoms with van der Waals surface area (Å²) in [5, 5.41) is 2.95. The lowest BCUT2D eigenvalue weighted by molar-refractivity contribution is 0.0985. The normalized spacial score (nSPS) is 10.6. The van der Waals surface area contributed by atoms with Crippen LogP contribution in [0.1, 0.15) is 31.8 Å². The molecule has 0 aromatic heterocycles. The zero-order valence-electron chi connectivity index (χ0n) is 18.5. The van der Waals surface area contributed by atoms with E-state index in [9.17, 15) is 9.59 Å². The number of carbonyl (C=O) groups excluding carboxylic acids is 2. The first-order valence-corrected chi connectivity index (χ1v) is 12.3. The van der Waals surface area contributed by atoms with E-state index >= 15 is 0 Å². The topological polar surface area (TPSA) is 49.4 Å². The van der Waals surface area contributed by atoms with Gasteiger partial charge in [-0.05, 0) is 73.2 Å². The fraction of sp³-hybridized carbons (Fsp3) is 0.0714. The average Bonchev–Trinajstić information content (AvgIpc) is 2.85. The van der Waals surface area contributed by atoms with Crippen LogP contribution in [0.4, 0.5) is 11.4 Å². The monoisotopic (exact) mass is 576 g/mol. The maximum Gasteiger partial charge on any atom is 0.258 e. The Labute approximate surface area is 215 Å². The predicted molar refractivity (Wildman–Crippen MR) is 144 cm³/mol. The molecule has 0 bridgehead atoms. The molecule has 0 saturated heterocycles. The number of nitrogens with zero attached hydrogens (tertiary/aromatic N) is 1. The van der Waals surface area contributed by atoms with Crippen LogP contribution in [-0.4, -0.2) is 11.8 Å². The van der Waals surface area contributed by atoms with Gasteiger partial charge in [0.2, 0.25) is 0 Å². The lowest BCUT2D eigenvalue weighted by atomic mass is 10.1. The third kappa shape index (κ3) is 5.82. The summed E-state index contributed by atoms with van der Waals surface area (Å²) in [5.41, 5.74) is 4.26. The summed E-state index contributed by atoms with van der Waals surface area (Å²) in [4.78, 5) is 28.6. The molecule has 0 fully saturated rings. The van der Waals surface area contributed by atoms with Crippen LogP contribution < -0.4 is 10.2 Å². The van der Waals surface area contributed by atoms with Gasteiger partial charge in [-0.3, -0.25) is 9.59 Å². The van der Waals surface area contributed by atoms with Gasteiger partial charge in [0.1, 0.15) is 0 Å². The van der Waals surface area contributed by atoms with E-state index in [-0.39, 0.29) is 11.8 Å². The molecule has 0 saturated carbocycles. The van der Waals surface area contributed by atoms with E-state index in [2.05, 4.69) is 37.2 Å². The number of amides is 2. The molecule has 0 aliphatic rings. The highest BCUT2D eigenvalue weighted by Crippen LogP contribution is 2.27. The van der Waals surface area contributed by atoms with Crippen molar-refractivity contribution in [2.45, 2.75) is 13.5 Å². The number of benzene rings is 4. The van der Waals surface area contributed by atoms with E-state index in [1.165, 1.54) is 0 Å². The van der Waals surface area contributed by atoms with Crippen LogP contribution in [0, 0.1) is 6.92 Å². The molecule has 4 rings (SSSR count). The predicted octanol–water partition coefficient (Wildman–Crippen LogP) is 7.62. The van der Waals surface area contributed by atoms with Crippen LogP contribution in [0.3, 0.4) is 0 Å². The van der Waals surface area contributed by atoms with Crippen molar-refractivity contribution >= 4 is 55.0 Å². The summed E-state index contributed by atoms with van der Waals surface area (Å²) < 4.78 is 1.85. The van der Waals surface area contributed by atoms with Gasteiger partial charge in [0.15, 0.2) is 0 Å². The van der Waals surface area contributed by atoms with Gasteiger partial charge in [-0.2, -0.15) is 0 Å².